The van der Waals surface area contributed by atoms with Gasteiger partial charge in [-0.25, -0.2) is 0 Å². The second-order valence-corrected chi connectivity index (χ2v) is 38.3. The van der Waals surface area contributed by atoms with Crippen LogP contribution in [0.1, 0.15) is 22.3 Å². The van der Waals surface area contributed by atoms with Gasteiger partial charge >= 0.3 is 0 Å². The number of thiophene rings is 4. The molecule has 8 aromatic heterocycles. The van der Waals surface area contributed by atoms with Gasteiger partial charge in [-0.3, -0.25) is 0 Å². The summed E-state index contributed by atoms with van der Waals surface area (Å²) in [6.45, 7) is 0. The average molecular weight is 1800 g/mol. The minimum Gasteiger partial charge on any atom is -0.309 e. The molecule has 28 aromatic rings. The van der Waals surface area contributed by atoms with E-state index in [1.165, 1.54) is 124 Å². The molecule has 0 aliphatic rings. The van der Waals surface area contributed by atoms with Crippen LogP contribution in [0, 0.1) is 45.3 Å². The quantitative estimate of drug-likeness (QED) is 0.151. The van der Waals surface area contributed by atoms with Crippen LogP contribution in [-0.4, -0.2) is 18.3 Å². The van der Waals surface area contributed by atoms with Gasteiger partial charge in [-0.2, -0.15) is 21.0 Å². The van der Waals surface area contributed by atoms with Crippen molar-refractivity contribution >= 4 is 213 Å². The Morgan fingerprint density at radius 1 is 0.176 bits per heavy atom. The van der Waals surface area contributed by atoms with E-state index in [1.807, 2.05) is 82.5 Å². The number of para-hydroxylation sites is 9. The summed E-state index contributed by atoms with van der Waals surface area (Å²) in [4.78, 5) is 0. The van der Waals surface area contributed by atoms with E-state index in [1.54, 1.807) is 11.3 Å². The van der Waals surface area contributed by atoms with Crippen LogP contribution in [0.25, 0.3) is 235 Å². The molecule has 0 fully saturated rings. The Bertz CT molecular complexity index is 9680. The van der Waals surface area contributed by atoms with Gasteiger partial charge in [0.2, 0.25) is 0 Å². The van der Waals surface area contributed by atoms with Crippen LogP contribution in [0.3, 0.4) is 0 Å². The normalized spacial score (nSPS) is 11.5. The van der Waals surface area contributed by atoms with Crippen LogP contribution in [0.2, 0.25) is 0 Å². The molecular formula is C124H72N8S4. The zero-order valence-corrected chi connectivity index (χ0v) is 76.0. The summed E-state index contributed by atoms with van der Waals surface area (Å²) in [5.41, 5.74) is 24.5. The van der Waals surface area contributed by atoms with Crippen molar-refractivity contribution in [3.05, 3.63) is 459 Å². The van der Waals surface area contributed by atoms with Gasteiger partial charge in [0.1, 0.15) is 6.07 Å². The van der Waals surface area contributed by atoms with E-state index >= 15 is 0 Å². The first-order valence-electron chi connectivity index (χ1n) is 45.1. The molecule has 8 heterocycles. The van der Waals surface area contributed by atoms with Crippen LogP contribution in [0.4, 0.5) is 0 Å². The van der Waals surface area contributed by atoms with Crippen LogP contribution in [0.5, 0.6) is 0 Å². The molecule has 0 saturated carbocycles. The van der Waals surface area contributed by atoms with Crippen LogP contribution < -0.4 is 0 Å². The van der Waals surface area contributed by atoms with E-state index in [4.69, 9.17) is 0 Å². The Labute approximate surface area is 796 Å². The topological polar surface area (TPSA) is 115 Å². The highest BCUT2D eigenvalue weighted by Gasteiger charge is 2.26. The number of aromatic nitrogens is 4. The summed E-state index contributed by atoms with van der Waals surface area (Å²) >= 11 is 7.27. The predicted molar refractivity (Wildman–Crippen MR) is 575 cm³/mol. The van der Waals surface area contributed by atoms with Crippen molar-refractivity contribution in [3.8, 4) is 91.5 Å². The predicted octanol–water partition coefficient (Wildman–Crippen LogP) is 34.8. The number of fused-ring (bicyclic) bond motifs is 24. The van der Waals surface area contributed by atoms with E-state index in [-0.39, 0.29) is 0 Å². The SMILES string of the molecule is N#Cc1ccc(-c2ccc3sc4ccccc4c3c2)c(-n2c3ccccc3c3ccccc32)c1.N#Cc1ccc(-n2c3ccccc3c3ccccc32)c(-c2ccc3sc4ccccc4c3c2)c1.N#Cc1cccc(-c2ccc3sc4ccccc4c3c2)c1-n1c2ccccc2c2ccccc21.N#Cc1cccc(-n2c3ccccc3c3ccccc32)c1-c1cccc2c1sc1ccccc12. The zero-order chi connectivity index (χ0) is 90.6. The summed E-state index contributed by atoms with van der Waals surface area (Å²) < 4.78 is 19.4. The number of hydrogen-bond donors (Lipinski definition) is 0. The third kappa shape index (κ3) is 13.3. The molecule has 0 N–H and O–H groups in total. The summed E-state index contributed by atoms with van der Waals surface area (Å²) in [7, 11) is 0. The Kier molecular flexibility index (Phi) is 19.8. The highest BCUT2D eigenvalue weighted by Crippen LogP contribution is 2.49. The van der Waals surface area contributed by atoms with Crippen molar-refractivity contribution in [3.63, 3.8) is 0 Å². The first-order chi connectivity index (χ1) is 67.3. The van der Waals surface area contributed by atoms with E-state index in [2.05, 4.69) is 431 Å². The molecule has 0 saturated heterocycles. The number of rotatable bonds is 8. The summed E-state index contributed by atoms with van der Waals surface area (Å²) in [6, 6.07) is 163. The van der Waals surface area contributed by atoms with E-state index in [0.717, 1.165) is 111 Å². The molecule has 0 aliphatic carbocycles. The second kappa shape index (κ2) is 33.4. The molecule has 136 heavy (non-hydrogen) atoms. The van der Waals surface area contributed by atoms with Gasteiger partial charge in [-0.05, 0) is 174 Å². The lowest BCUT2D eigenvalue weighted by atomic mass is 9.96. The fraction of sp³-hybridized carbons (Fsp3) is 0. The van der Waals surface area contributed by atoms with Crippen LogP contribution in [-0.2, 0) is 0 Å². The molecule has 20 aromatic carbocycles. The maximum Gasteiger partial charge on any atom is 0.101 e. The molecule has 0 bridgehead atoms. The van der Waals surface area contributed by atoms with Crippen molar-refractivity contribution in [1.29, 1.82) is 21.0 Å². The Morgan fingerprint density at radius 3 is 0.912 bits per heavy atom. The summed E-state index contributed by atoms with van der Waals surface area (Å²) in [5.74, 6) is 0. The van der Waals surface area contributed by atoms with Crippen molar-refractivity contribution in [2.45, 2.75) is 0 Å². The number of nitriles is 4. The Hall–Kier alpha value is -17.6. The monoisotopic (exact) mass is 1800 g/mol. The third-order valence-electron chi connectivity index (χ3n) is 26.6. The standard InChI is InChI=1S/4C31H18N2S/c32-19-20-9-7-17-28(33-26-15-4-1-10-21(26)22-11-2-5-16-27(22)33)30(20)25-14-8-13-24-23-12-3-6-18-29(23)34-31(24)25;32-19-21-8-7-12-22(20-16-17-30-26(18-20)25-11-3-6-15-29(25)34-30)31(21)33-27-13-4-1-9-23(27)24-10-2-5-14-28(24)33;32-19-20-13-15-22(21-14-16-31-26(18-21)25-9-3-6-12-30(25)34-31)29(17-20)33-27-10-4-1-7-23(27)24-8-2-5-11-28(24)33;32-19-20-13-15-29(33-27-10-4-1-7-22(27)23-8-2-5-11-28(23)33)25(17-20)21-14-16-31-26(18-21)24-9-3-6-12-30(24)34-31/h4*1-18H. The lowest BCUT2D eigenvalue weighted by molar-refractivity contribution is 1.17. The lowest BCUT2D eigenvalue weighted by Crippen LogP contribution is -2.00. The first-order valence-corrected chi connectivity index (χ1v) is 48.3. The zero-order valence-electron chi connectivity index (χ0n) is 72.8. The number of nitrogens with zero attached hydrogens (tertiary/aromatic N) is 8. The maximum absolute atomic E-state index is 10.2. The van der Waals surface area contributed by atoms with Gasteiger partial charge in [-0.15, -0.1) is 45.3 Å². The van der Waals surface area contributed by atoms with Crippen molar-refractivity contribution in [1.82, 2.24) is 18.3 Å². The lowest BCUT2D eigenvalue weighted by Gasteiger charge is -2.16. The minimum atomic E-state index is 0.655. The van der Waals surface area contributed by atoms with Gasteiger partial charge in [0.25, 0.3) is 0 Å². The number of hydrogen-bond acceptors (Lipinski definition) is 8. The Morgan fingerprint density at radius 2 is 0.485 bits per heavy atom. The fourth-order valence-corrected chi connectivity index (χ4v) is 25.1. The minimum absolute atomic E-state index is 0.655. The Balaban J connectivity index is 0.0000000965. The van der Waals surface area contributed by atoms with E-state index in [9.17, 15) is 21.0 Å². The van der Waals surface area contributed by atoms with E-state index < -0.39 is 0 Å². The third-order valence-corrected chi connectivity index (χ3v) is 31.3. The molecule has 0 spiro atoms. The van der Waals surface area contributed by atoms with Crippen LogP contribution in [0.15, 0.2) is 437 Å². The first kappa shape index (κ1) is 80.5. The summed E-state index contributed by atoms with van der Waals surface area (Å²) in [5, 5.41) is 59.6. The smallest absolute Gasteiger partial charge is 0.101 e. The molecule has 0 amide bonds. The largest absolute Gasteiger partial charge is 0.309 e. The van der Waals surface area contributed by atoms with Crippen molar-refractivity contribution < 1.29 is 0 Å². The van der Waals surface area contributed by atoms with Gasteiger partial charge in [0, 0.05) is 152 Å². The second-order valence-electron chi connectivity index (χ2n) is 34.0. The average Bonchev–Trinajstić information content (AvgIpc) is 1.65. The highest BCUT2D eigenvalue weighted by atomic mass is 32.1. The molecule has 632 valence electrons. The van der Waals surface area contributed by atoms with Crippen LogP contribution >= 0.6 is 45.3 Å². The number of benzene rings is 20. The van der Waals surface area contributed by atoms with E-state index in [0.29, 0.717) is 22.3 Å². The van der Waals surface area contributed by atoms with Gasteiger partial charge in [0.15, 0.2) is 0 Å². The molecular weight excluding hydrogens is 1730 g/mol. The molecule has 0 aliphatic heterocycles. The van der Waals surface area contributed by atoms with Crippen molar-refractivity contribution in [2.75, 3.05) is 0 Å². The molecule has 0 unspecified atom stereocenters. The molecule has 12 heteroatoms. The molecule has 28 rings (SSSR count). The molecule has 8 nitrogen and oxygen atoms in total. The van der Waals surface area contributed by atoms with Crippen molar-refractivity contribution in [2.24, 2.45) is 0 Å². The molecule has 0 radical (unpaired) electrons. The molecule has 0 atom stereocenters. The highest BCUT2D eigenvalue weighted by molar-refractivity contribution is 7.27. The fourth-order valence-electron chi connectivity index (χ4n) is 20.6. The van der Waals surface area contributed by atoms with Gasteiger partial charge < -0.3 is 18.3 Å². The summed E-state index contributed by atoms with van der Waals surface area (Å²) in [6.07, 6.45) is 0. The maximum atomic E-state index is 10.2. The van der Waals surface area contributed by atoms with Gasteiger partial charge in [0.05, 0.1) is 107 Å². The van der Waals surface area contributed by atoms with Gasteiger partial charge in [-0.1, -0.05) is 279 Å².